The predicted molar refractivity (Wildman–Crippen MR) is 192 cm³/mol. The average Bonchev–Trinajstić information content (AvgIpc) is 3.78. The molecule has 6 nitrogen and oxygen atoms in total. The van der Waals surface area contributed by atoms with E-state index in [1.807, 2.05) is 30.6 Å². The number of fused-ring (bicyclic) bond motifs is 14. The van der Waals surface area contributed by atoms with Gasteiger partial charge in [0.25, 0.3) is 0 Å². The van der Waals surface area contributed by atoms with Crippen LogP contribution in [0.5, 0.6) is 0 Å². The van der Waals surface area contributed by atoms with E-state index in [1.54, 1.807) is 0 Å². The molecule has 6 heterocycles. The smallest absolute Gasteiger partial charge is 0.166 e. The van der Waals surface area contributed by atoms with Crippen LogP contribution in [0.4, 0.5) is 0 Å². The summed E-state index contributed by atoms with van der Waals surface area (Å²) in [4.78, 5) is 14.7. The van der Waals surface area contributed by atoms with Crippen molar-refractivity contribution in [1.82, 2.24) is 28.5 Å². The van der Waals surface area contributed by atoms with Gasteiger partial charge in [-0.1, -0.05) is 54.6 Å². The van der Waals surface area contributed by atoms with Crippen molar-refractivity contribution in [2.75, 3.05) is 0 Å². The molecule has 0 N–H and O–H groups in total. The number of hydrogen-bond acceptors (Lipinski definition) is 3. The Bertz CT molecular complexity index is 3060. The minimum Gasteiger partial charge on any atom is -0.309 e. The zero-order valence-electron chi connectivity index (χ0n) is 25.0. The van der Waals surface area contributed by atoms with Crippen LogP contribution in [0.1, 0.15) is 0 Å². The SMILES string of the molecule is c1ccc(-n2c3ccccc3c3cc4c5cc6c(cc5n(-c5ccccc5)c4cc32)c2cccnc2n2c3ncccc3nc62)cc1. The maximum absolute atomic E-state index is 5.12. The van der Waals surface area contributed by atoms with Gasteiger partial charge in [0.2, 0.25) is 0 Å². The molecule has 0 fully saturated rings. The normalized spacial score (nSPS) is 12.3. The van der Waals surface area contributed by atoms with Crippen LogP contribution in [-0.2, 0) is 0 Å². The Morgan fingerprint density at radius 2 is 0.936 bits per heavy atom. The summed E-state index contributed by atoms with van der Waals surface area (Å²) in [6.07, 6.45) is 3.67. The minimum atomic E-state index is 0.815. The highest BCUT2D eigenvalue weighted by molar-refractivity contribution is 6.24. The highest BCUT2D eigenvalue weighted by Gasteiger charge is 2.21. The predicted octanol–water partition coefficient (Wildman–Crippen LogP) is 9.78. The first-order valence-corrected chi connectivity index (χ1v) is 15.8. The van der Waals surface area contributed by atoms with Crippen molar-refractivity contribution in [3.8, 4) is 11.4 Å². The Labute approximate surface area is 267 Å². The Balaban J connectivity index is 1.38. The van der Waals surface area contributed by atoms with Crippen molar-refractivity contribution < 1.29 is 0 Å². The summed E-state index contributed by atoms with van der Waals surface area (Å²) in [7, 11) is 0. The van der Waals surface area contributed by atoms with Gasteiger partial charge in [-0.15, -0.1) is 0 Å². The third kappa shape index (κ3) is 3.26. The van der Waals surface area contributed by atoms with Crippen molar-refractivity contribution in [3.05, 3.63) is 146 Å². The van der Waals surface area contributed by atoms with E-state index < -0.39 is 0 Å². The molecular weight excluding hydrogens is 576 g/mol. The molecule has 0 radical (unpaired) electrons. The molecule has 6 aromatic heterocycles. The van der Waals surface area contributed by atoms with Crippen molar-refractivity contribution in [2.24, 2.45) is 0 Å². The summed E-state index contributed by atoms with van der Waals surface area (Å²) in [5, 5.41) is 8.11. The molecule has 0 unspecified atom stereocenters. The van der Waals surface area contributed by atoms with Gasteiger partial charge in [0.1, 0.15) is 16.8 Å². The second-order valence-electron chi connectivity index (χ2n) is 12.2. The van der Waals surface area contributed by atoms with Crippen LogP contribution in [0.25, 0.3) is 93.6 Å². The summed E-state index contributed by atoms with van der Waals surface area (Å²) >= 11 is 0. The molecule has 47 heavy (non-hydrogen) atoms. The van der Waals surface area contributed by atoms with Crippen LogP contribution >= 0.6 is 0 Å². The first kappa shape index (κ1) is 24.8. The summed E-state index contributed by atoms with van der Waals surface area (Å²) in [6, 6.07) is 47.6. The van der Waals surface area contributed by atoms with E-state index in [9.17, 15) is 0 Å². The number of benzene rings is 5. The lowest BCUT2D eigenvalue weighted by atomic mass is 10.0. The molecule has 0 bridgehead atoms. The fraction of sp³-hybridized carbons (Fsp3) is 0. The molecule has 0 amide bonds. The van der Waals surface area contributed by atoms with Crippen LogP contribution in [0.3, 0.4) is 0 Å². The Kier molecular flexibility index (Phi) is 4.75. The highest BCUT2D eigenvalue weighted by Crippen LogP contribution is 2.42. The maximum Gasteiger partial charge on any atom is 0.166 e. The van der Waals surface area contributed by atoms with E-state index in [1.165, 1.54) is 32.6 Å². The third-order valence-electron chi connectivity index (χ3n) is 9.67. The minimum absolute atomic E-state index is 0.815. The molecule has 0 aliphatic heterocycles. The van der Waals surface area contributed by atoms with Gasteiger partial charge < -0.3 is 9.13 Å². The van der Waals surface area contributed by atoms with Crippen molar-refractivity contribution in [3.63, 3.8) is 0 Å². The summed E-state index contributed by atoms with van der Waals surface area (Å²) in [5.74, 6) is 0. The molecule has 0 atom stereocenters. The molecule has 218 valence electrons. The summed E-state index contributed by atoms with van der Waals surface area (Å²) < 4.78 is 6.91. The van der Waals surface area contributed by atoms with E-state index in [0.29, 0.717) is 0 Å². The number of nitrogens with zero attached hydrogens (tertiary/aromatic N) is 6. The van der Waals surface area contributed by atoms with Gasteiger partial charge in [0, 0.05) is 56.1 Å². The molecule has 6 heteroatoms. The van der Waals surface area contributed by atoms with Crippen LogP contribution < -0.4 is 0 Å². The quantitative estimate of drug-likeness (QED) is 0.186. The van der Waals surface area contributed by atoms with Gasteiger partial charge in [0.15, 0.2) is 5.65 Å². The van der Waals surface area contributed by atoms with Crippen LogP contribution in [0, 0.1) is 0 Å². The lowest BCUT2D eigenvalue weighted by molar-refractivity contribution is 1.16. The zero-order chi connectivity index (χ0) is 30.6. The fourth-order valence-electron chi connectivity index (χ4n) is 7.72. The monoisotopic (exact) mass is 600 g/mol. The van der Waals surface area contributed by atoms with E-state index in [4.69, 9.17) is 15.0 Å². The van der Waals surface area contributed by atoms with Gasteiger partial charge in [-0.2, -0.15) is 0 Å². The van der Waals surface area contributed by atoms with Gasteiger partial charge in [-0.05, 0) is 84.2 Å². The Morgan fingerprint density at radius 1 is 0.362 bits per heavy atom. The molecule has 0 saturated heterocycles. The molecule has 0 spiro atoms. The van der Waals surface area contributed by atoms with Crippen LogP contribution in [-0.4, -0.2) is 28.5 Å². The average molecular weight is 601 g/mol. The van der Waals surface area contributed by atoms with E-state index in [-0.39, 0.29) is 0 Å². The number of imidazole rings is 1. The lowest BCUT2D eigenvalue weighted by Crippen LogP contribution is -1.96. The number of para-hydroxylation sites is 3. The molecule has 11 aromatic rings. The third-order valence-corrected chi connectivity index (χ3v) is 9.67. The van der Waals surface area contributed by atoms with Gasteiger partial charge in [-0.25, -0.2) is 15.0 Å². The van der Waals surface area contributed by atoms with E-state index >= 15 is 0 Å². The van der Waals surface area contributed by atoms with Crippen molar-refractivity contribution in [1.29, 1.82) is 0 Å². The first-order chi connectivity index (χ1) is 23.3. The summed E-state index contributed by atoms with van der Waals surface area (Å²) in [6.45, 7) is 0. The molecule has 0 saturated carbocycles. The number of rotatable bonds is 2. The number of hydrogen-bond donors (Lipinski definition) is 0. The molecule has 0 aliphatic rings. The molecule has 0 aliphatic carbocycles. The standard InChI is InChI=1S/C41H24N6/c1-3-11-25(12-4-1)45-35-18-8-7-15-27(35)30-21-31-32-22-33-29(23-36(32)46(38(31)24-37(30)45)26-13-5-2-6-14-26)28-16-9-19-42-39(28)47-40(33)44-34-17-10-20-43-41(34)47/h1-24H. The second-order valence-corrected chi connectivity index (χ2v) is 12.2. The molecular formula is C41H24N6. The van der Waals surface area contributed by atoms with Gasteiger partial charge in [0.05, 0.1) is 22.1 Å². The molecule has 5 aromatic carbocycles. The fourth-order valence-corrected chi connectivity index (χ4v) is 7.72. The van der Waals surface area contributed by atoms with Gasteiger partial charge in [-0.3, -0.25) is 4.40 Å². The maximum atomic E-state index is 5.12. The van der Waals surface area contributed by atoms with E-state index in [2.05, 4.69) is 129 Å². The Hall–Kier alpha value is -6.53. The van der Waals surface area contributed by atoms with Crippen molar-refractivity contribution in [2.45, 2.75) is 0 Å². The first-order valence-electron chi connectivity index (χ1n) is 15.8. The zero-order valence-corrected chi connectivity index (χ0v) is 25.0. The highest BCUT2D eigenvalue weighted by atomic mass is 15.1. The van der Waals surface area contributed by atoms with Crippen LogP contribution in [0.2, 0.25) is 0 Å². The van der Waals surface area contributed by atoms with E-state index in [0.717, 1.165) is 61.0 Å². The number of pyridine rings is 3. The molecule has 11 rings (SSSR count). The van der Waals surface area contributed by atoms with Crippen molar-refractivity contribution >= 4 is 82.2 Å². The Morgan fingerprint density at radius 3 is 1.70 bits per heavy atom. The number of aromatic nitrogens is 6. The van der Waals surface area contributed by atoms with Gasteiger partial charge >= 0.3 is 0 Å². The second kappa shape index (κ2) is 9.02. The largest absolute Gasteiger partial charge is 0.309 e. The summed E-state index contributed by atoms with van der Waals surface area (Å²) in [5.41, 5.74) is 10.3. The topological polar surface area (TPSA) is 52.9 Å². The lowest BCUT2D eigenvalue weighted by Gasteiger charge is -2.11. The van der Waals surface area contributed by atoms with Crippen LogP contribution in [0.15, 0.2) is 146 Å².